The van der Waals surface area contributed by atoms with E-state index in [2.05, 4.69) is 22.5 Å². The van der Waals surface area contributed by atoms with Crippen LogP contribution >= 0.6 is 23.1 Å². The minimum Gasteiger partial charge on any atom is -0.494 e. The van der Waals surface area contributed by atoms with Gasteiger partial charge in [0.15, 0.2) is 4.34 Å². The first-order valence-corrected chi connectivity index (χ1v) is 13.7. The van der Waals surface area contributed by atoms with E-state index in [9.17, 15) is 9.59 Å². The van der Waals surface area contributed by atoms with Gasteiger partial charge in [0.05, 0.1) is 28.6 Å². The third-order valence-electron chi connectivity index (χ3n) is 5.51. The maximum atomic E-state index is 12.7. The van der Waals surface area contributed by atoms with Crippen molar-refractivity contribution < 1.29 is 14.3 Å². The van der Waals surface area contributed by atoms with E-state index in [1.54, 1.807) is 12.1 Å². The largest absolute Gasteiger partial charge is 0.494 e. The number of aromatic nitrogens is 1. The van der Waals surface area contributed by atoms with Gasteiger partial charge in [-0.15, -0.1) is 11.3 Å². The van der Waals surface area contributed by atoms with Crippen LogP contribution in [0, 0.1) is 0 Å². The van der Waals surface area contributed by atoms with Crippen molar-refractivity contribution in [1.82, 2.24) is 10.3 Å². The smallest absolute Gasteiger partial charge is 0.255 e. The molecule has 0 fully saturated rings. The molecular formula is C28H29N3O3S2. The molecule has 0 aliphatic carbocycles. The van der Waals surface area contributed by atoms with Gasteiger partial charge in [0.2, 0.25) is 5.91 Å². The van der Waals surface area contributed by atoms with Crippen molar-refractivity contribution in [2.24, 2.45) is 0 Å². The zero-order valence-electron chi connectivity index (χ0n) is 20.3. The van der Waals surface area contributed by atoms with Crippen LogP contribution in [0.15, 0.2) is 77.1 Å². The molecule has 0 saturated heterocycles. The second kappa shape index (κ2) is 12.6. The van der Waals surface area contributed by atoms with Crippen LogP contribution in [-0.4, -0.2) is 29.2 Å². The van der Waals surface area contributed by atoms with E-state index in [1.165, 1.54) is 23.1 Å². The van der Waals surface area contributed by atoms with Gasteiger partial charge in [-0.05, 0) is 61.4 Å². The fraction of sp³-hybridized carbons (Fsp3) is 0.250. The Kier molecular flexibility index (Phi) is 8.97. The number of carbonyl (C=O) groups excluding carboxylic acids is 2. The highest BCUT2D eigenvalue weighted by atomic mass is 32.2. The first kappa shape index (κ1) is 25.7. The lowest BCUT2D eigenvalue weighted by atomic mass is 10.1. The fourth-order valence-corrected chi connectivity index (χ4v) is 5.44. The highest BCUT2D eigenvalue weighted by Crippen LogP contribution is 2.31. The molecule has 0 spiro atoms. The number of amides is 2. The molecule has 36 heavy (non-hydrogen) atoms. The summed E-state index contributed by atoms with van der Waals surface area (Å²) in [6.45, 7) is 4.77. The minimum absolute atomic E-state index is 0.0367. The fourth-order valence-electron chi connectivity index (χ4n) is 3.52. The molecule has 0 aliphatic heterocycles. The monoisotopic (exact) mass is 519 g/mol. The molecule has 0 aliphatic rings. The molecule has 0 bridgehead atoms. The summed E-state index contributed by atoms with van der Waals surface area (Å²) in [4.78, 5) is 29.7. The number of thioether (sulfide) groups is 1. The lowest BCUT2D eigenvalue weighted by Crippen LogP contribution is -2.28. The number of thiazole rings is 1. The molecule has 6 nitrogen and oxygen atoms in total. The van der Waals surface area contributed by atoms with E-state index >= 15 is 0 Å². The van der Waals surface area contributed by atoms with Crippen molar-refractivity contribution in [2.75, 3.05) is 17.7 Å². The van der Waals surface area contributed by atoms with E-state index in [0.29, 0.717) is 23.6 Å². The molecule has 4 rings (SSSR count). The van der Waals surface area contributed by atoms with Gasteiger partial charge in [0.1, 0.15) is 5.75 Å². The van der Waals surface area contributed by atoms with Crippen LogP contribution in [0.5, 0.6) is 5.75 Å². The molecule has 8 heteroatoms. The third-order valence-corrected chi connectivity index (χ3v) is 7.67. The molecule has 2 amide bonds. The molecule has 0 unspecified atom stereocenters. The molecule has 186 valence electrons. The van der Waals surface area contributed by atoms with E-state index < -0.39 is 0 Å². The van der Waals surface area contributed by atoms with Crippen LogP contribution in [0.25, 0.3) is 10.2 Å². The summed E-state index contributed by atoms with van der Waals surface area (Å²) in [6, 6.07) is 22.6. The van der Waals surface area contributed by atoms with Crippen LogP contribution in [-0.2, 0) is 4.79 Å². The average molecular weight is 520 g/mol. The van der Waals surface area contributed by atoms with Crippen molar-refractivity contribution in [3.8, 4) is 5.75 Å². The van der Waals surface area contributed by atoms with E-state index in [-0.39, 0.29) is 17.9 Å². The zero-order valence-corrected chi connectivity index (χ0v) is 22.0. The summed E-state index contributed by atoms with van der Waals surface area (Å²) >= 11 is 2.92. The lowest BCUT2D eigenvalue weighted by molar-refractivity contribution is -0.119. The quantitative estimate of drug-likeness (QED) is 0.170. The van der Waals surface area contributed by atoms with Crippen LogP contribution in [0.4, 0.5) is 5.69 Å². The van der Waals surface area contributed by atoms with Gasteiger partial charge in [-0.2, -0.15) is 0 Å². The molecule has 0 saturated carbocycles. The van der Waals surface area contributed by atoms with Gasteiger partial charge in [-0.25, -0.2) is 4.98 Å². The van der Waals surface area contributed by atoms with Gasteiger partial charge in [-0.1, -0.05) is 55.4 Å². The number of ether oxygens (including phenoxy) is 1. The number of anilines is 1. The van der Waals surface area contributed by atoms with Crippen LogP contribution < -0.4 is 15.4 Å². The summed E-state index contributed by atoms with van der Waals surface area (Å²) in [7, 11) is 0. The summed E-state index contributed by atoms with van der Waals surface area (Å²) in [5.41, 5.74) is 3.17. The van der Waals surface area contributed by atoms with Gasteiger partial charge in [0.25, 0.3) is 5.91 Å². The number of benzene rings is 3. The van der Waals surface area contributed by atoms with Gasteiger partial charge < -0.3 is 15.4 Å². The maximum Gasteiger partial charge on any atom is 0.255 e. The Hall–Kier alpha value is -3.36. The number of fused-ring (bicyclic) bond motifs is 1. The van der Waals surface area contributed by atoms with Crippen LogP contribution in [0.2, 0.25) is 0 Å². The number of unbranched alkanes of at least 4 members (excludes halogenated alkanes) is 1. The SMILES string of the molecule is CCCCOc1ccc(C(=O)Nc2ccc3nc(SCC(=O)N[C@H](C)c4ccccc4)sc3c2)cc1. The normalized spacial score (nSPS) is 11.7. The highest BCUT2D eigenvalue weighted by Gasteiger charge is 2.13. The summed E-state index contributed by atoms with van der Waals surface area (Å²) in [5.74, 6) is 0.834. The van der Waals surface area contributed by atoms with Gasteiger partial charge in [-0.3, -0.25) is 9.59 Å². The summed E-state index contributed by atoms with van der Waals surface area (Å²) in [6.07, 6.45) is 2.08. The first-order chi connectivity index (χ1) is 17.5. The summed E-state index contributed by atoms with van der Waals surface area (Å²) < 4.78 is 7.43. The lowest BCUT2D eigenvalue weighted by Gasteiger charge is -2.13. The Bertz CT molecular complexity index is 1310. The standard InChI is InChI=1S/C28H29N3O3S2/c1-3-4-16-34-23-13-10-21(11-14-23)27(33)30-22-12-15-24-25(17-22)36-28(31-24)35-18-26(32)29-19(2)20-8-6-5-7-9-20/h5-15,17,19H,3-4,16,18H2,1-2H3,(H,29,32)(H,30,33)/t19-/m1/s1. The molecule has 1 heterocycles. The van der Waals surface area contributed by atoms with Crippen molar-refractivity contribution in [3.05, 3.63) is 83.9 Å². The number of nitrogens with zero attached hydrogens (tertiary/aromatic N) is 1. The molecule has 0 radical (unpaired) electrons. The number of carbonyl (C=O) groups is 2. The number of hydrogen-bond acceptors (Lipinski definition) is 6. The van der Waals surface area contributed by atoms with Crippen molar-refractivity contribution in [2.45, 2.75) is 37.1 Å². The second-order valence-electron chi connectivity index (χ2n) is 8.33. The Balaban J connectivity index is 1.31. The summed E-state index contributed by atoms with van der Waals surface area (Å²) in [5, 5.41) is 5.97. The van der Waals surface area contributed by atoms with Crippen molar-refractivity contribution in [3.63, 3.8) is 0 Å². The topological polar surface area (TPSA) is 80.3 Å². The molecule has 3 aromatic carbocycles. The highest BCUT2D eigenvalue weighted by molar-refractivity contribution is 8.01. The number of rotatable bonds is 11. The first-order valence-electron chi connectivity index (χ1n) is 11.9. The van der Waals surface area contributed by atoms with Crippen molar-refractivity contribution in [1.29, 1.82) is 0 Å². The number of hydrogen-bond donors (Lipinski definition) is 2. The van der Waals surface area contributed by atoms with Crippen LogP contribution in [0.1, 0.15) is 48.7 Å². The zero-order chi connectivity index (χ0) is 25.3. The van der Waals surface area contributed by atoms with E-state index in [0.717, 1.165) is 38.7 Å². The van der Waals surface area contributed by atoms with E-state index in [1.807, 2.05) is 67.6 Å². The molecule has 4 aromatic rings. The predicted octanol–water partition coefficient (Wildman–Crippen LogP) is 6.70. The van der Waals surface area contributed by atoms with Crippen LogP contribution in [0.3, 0.4) is 0 Å². The Morgan fingerprint density at radius 3 is 2.58 bits per heavy atom. The Morgan fingerprint density at radius 2 is 1.83 bits per heavy atom. The molecule has 1 atom stereocenters. The second-order valence-corrected chi connectivity index (χ2v) is 10.6. The van der Waals surface area contributed by atoms with Gasteiger partial charge >= 0.3 is 0 Å². The van der Waals surface area contributed by atoms with E-state index in [4.69, 9.17) is 4.74 Å². The minimum atomic E-state index is -0.183. The van der Waals surface area contributed by atoms with Crippen molar-refractivity contribution >= 4 is 50.8 Å². The predicted molar refractivity (Wildman–Crippen MR) is 148 cm³/mol. The average Bonchev–Trinajstić information content (AvgIpc) is 3.31. The molecule has 2 N–H and O–H groups in total. The molecular weight excluding hydrogens is 490 g/mol. The Morgan fingerprint density at radius 1 is 1.06 bits per heavy atom. The van der Waals surface area contributed by atoms with Gasteiger partial charge in [0, 0.05) is 11.3 Å². The number of nitrogens with one attached hydrogen (secondary N) is 2. The maximum absolute atomic E-state index is 12.7. The Labute approximate surface area is 219 Å². The molecule has 1 aromatic heterocycles. The third kappa shape index (κ3) is 7.08.